The molecule has 0 spiro atoms. The Labute approximate surface area is 243 Å². The lowest BCUT2D eigenvalue weighted by atomic mass is 10.2. The molecule has 0 heterocycles. The number of amides is 1. The predicted molar refractivity (Wildman–Crippen MR) is 168 cm³/mol. The molecular formula is C28H39N3O4S3. The van der Waals surface area contributed by atoms with Crippen molar-refractivity contribution in [1.82, 2.24) is 0 Å². The van der Waals surface area contributed by atoms with E-state index in [1.165, 1.54) is 22.7 Å². The van der Waals surface area contributed by atoms with Gasteiger partial charge in [-0.05, 0) is 55.5 Å². The zero-order valence-electron chi connectivity index (χ0n) is 23.1. The lowest BCUT2D eigenvalue weighted by molar-refractivity contribution is -0.115. The molecule has 38 heavy (non-hydrogen) atoms. The molecular weight excluding hydrogens is 539 g/mol. The zero-order valence-corrected chi connectivity index (χ0v) is 25.7. The first-order valence-electron chi connectivity index (χ1n) is 12.0. The van der Waals surface area contributed by atoms with Gasteiger partial charge in [-0.25, -0.2) is 5.06 Å². The third-order valence-corrected chi connectivity index (χ3v) is 6.85. The van der Waals surface area contributed by atoms with Crippen LogP contribution in [-0.2, 0) is 9.08 Å². The number of rotatable bonds is 12. The number of thioether (sulfide) groups is 1. The van der Waals surface area contributed by atoms with Gasteiger partial charge < -0.3 is 14.8 Å². The fraction of sp³-hybridized carbons (Fsp3) is 0.321. The summed E-state index contributed by atoms with van der Waals surface area (Å²) in [4.78, 5) is 13.5. The standard InChI is InChI=1S/C26H31N3O4S2.C2H6.H2S/c1-19-6-13-23(14-7-19)34-17-16-26(30)27-20-8-10-21(11-9-20)29(3)35-33-28(2)24-18-22(31-4)12-15-25(24)32-5;1-2;/h6-15,18H,16-17H2,1-5H3,(H,27,30);1-2H3;1H2. The van der Waals surface area contributed by atoms with Crippen LogP contribution in [0.5, 0.6) is 11.5 Å². The summed E-state index contributed by atoms with van der Waals surface area (Å²) in [6.07, 6.45) is 0.448. The number of benzene rings is 3. The van der Waals surface area contributed by atoms with Crippen molar-refractivity contribution in [2.24, 2.45) is 0 Å². The second-order valence-electron chi connectivity index (χ2n) is 7.69. The Balaban J connectivity index is 0.00000235. The van der Waals surface area contributed by atoms with Crippen molar-refractivity contribution in [2.45, 2.75) is 32.1 Å². The van der Waals surface area contributed by atoms with E-state index in [0.29, 0.717) is 17.9 Å². The van der Waals surface area contributed by atoms with Gasteiger partial charge in [0.05, 0.1) is 14.2 Å². The van der Waals surface area contributed by atoms with Crippen LogP contribution in [0.25, 0.3) is 0 Å². The minimum atomic E-state index is -0.00251. The van der Waals surface area contributed by atoms with Gasteiger partial charge in [-0.1, -0.05) is 31.5 Å². The molecule has 208 valence electrons. The van der Waals surface area contributed by atoms with Crippen molar-refractivity contribution >= 4 is 60.5 Å². The van der Waals surface area contributed by atoms with Gasteiger partial charge in [-0.3, -0.25) is 9.10 Å². The minimum absolute atomic E-state index is 0. The first-order chi connectivity index (χ1) is 17.9. The van der Waals surface area contributed by atoms with Crippen LogP contribution < -0.4 is 24.2 Å². The highest BCUT2D eigenvalue weighted by molar-refractivity contribution is 7.99. The Morgan fingerprint density at radius 1 is 0.921 bits per heavy atom. The van der Waals surface area contributed by atoms with Crippen molar-refractivity contribution in [1.29, 1.82) is 0 Å². The van der Waals surface area contributed by atoms with Crippen molar-refractivity contribution in [3.8, 4) is 11.5 Å². The summed E-state index contributed by atoms with van der Waals surface area (Å²) >= 11 is 2.85. The normalized spacial score (nSPS) is 9.87. The van der Waals surface area contributed by atoms with Gasteiger partial charge in [-0.15, -0.1) is 11.8 Å². The molecule has 0 radical (unpaired) electrons. The molecule has 0 aliphatic rings. The highest BCUT2D eigenvalue weighted by atomic mass is 32.2. The number of methoxy groups -OCH3 is 2. The molecule has 1 amide bonds. The second kappa shape index (κ2) is 17.8. The van der Waals surface area contributed by atoms with Gasteiger partial charge in [0.15, 0.2) is 0 Å². The molecule has 0 saturated heterocycles. The Hall–Kier alpha value is -2.66. The lowest BCUT2D eigenvalue weighted by Gasteiger charge is -2.24. The maximum Gasteiger partial charge on any atom is 0.225 e. The number of hydroxylamine groups is 1. The summed E-state index contributed by atoms with van der Waals surface area (Å²) in [5.74, 6) is 2.11. The van der Waals surface area contributed by atoms with Gasteiger partial charge in [-0.2, -0.15) is 17.8 Å². The quantitative estimate of drug-likeness (QED) is 0.104. The van der Waals surface area contributed by atoms with E-state index in [1.54, 1.807) is 38.1 Å². The highest BCUT2D eigenvalue weighted by Crippen LogP contribution is 2.34. The maximum absolute atomic E-state index is 12.3. The Morgan fingerprint density at radius 2 is 1.58 bits per heavy atom. The van der Waals surface area contributed by atoms with E-state index in [0.717, 1.165) is 22.8 Å². The number of aryl methyl sites for hydroxylation is 1. The summed E-state index contributed by atoms with van der Waals surface area (Å²) in [6.45, 7) is 6.06. The smallest absolute Gasteiger partial charge is 0.225 e. The molecule has 3 aromatic rings. The molecule has 3 rings (SSSR count). The molecule has 0 saturated carbocycles. The second-order valence-corrected chi connectivity index (χ2v) is 9.70. The fourth-order valence-corrected chi connectivity index (χ4v) is 4.44. The number of carbonyl (C=O) groups is 1. The van der Waals surface area contributed by atoms with Gasteiger partial charge in [0.2, 0.25) is 5.91 Å². The summed E-state index contributed by atoms with van der Waals surface area (Å²) in [5, 5.41) is 4.57. The van der Waals surface area contributed by atoms with E-state index in [2.05, 4.69) is 36.5 Å². The lowest BCUT2D eigenvalue weighted by Crippen LogP contribution is -2.19. The Kier molecular flexibility index (Phi) is 15.6. The Morgan fingerprint density at radius 3 is 2.18 bits per heavy atom. The molecule has 7 nitrogen and oxygen atoms in total. The van der Waals surface area contributed by atoms with Crippen LogP contribution in [-0.4, -0.2) is 40.0 Å². The average molecular weight is 578 g/mol. The zero-order chi connectivity index (χ0) is 27.2. The summed E-state index contributed by atoms with van der Waals surface area (Å²) in [7, 11) is 6.93. The maximum atomic E-state index is 12.3. The molecule has 3 aromatic carbocycles. The van der Waals surface area contributed by atoms with Gasteiger partial charge in [0, 0.05) is 48.6 Å². The van der Waals surface area contributed by atoms with E-state index in [9.17, 15) is 4.79 Å². The average Bonchev–Trinajstić information content (AvgIpc) is 2.93. The molecule has 0 atom stereocenters. The van der Waals surface area contributed by atoms with Crippen molar-refractivity contribution in [2.75, 3.05) is 48.8 Å². The highest BCUT2D eigenvalue weighted by Gasteiger charge is 2.13. The Bertz CT molecular complexity index is 1100. The molecule has 10 heteroatoms. The summed E-state index contributed by atoms with van der Waals surface area (Å²) in [5.41, 5.74) is 3.66. The third-order valence-electron chi connectivity index (χ3n) is 5.12. The number of hydrogen-bond donors (Lipinski definition) is 1. The number of nitrogens with one attached hydrogen (secondary N) is 1. The third kappa shape index (κ3) is 10.6. The van der Waals surface area contributed by atoms with Crippen LogP contribution in [0.4, 0.5) is 17.1 Å². The van der Waals surface area contributed by atoms with Gasteiger partial charge in [0.25, 0.3) is 0 Å². The largest absolute Gasteiger partial charge is 0.497 e. The molecule has 0 unspecified atom stereocenters. The van der Waals surface area contributed by atoms with Crippen LogP contribution in [0.2, 0.25) is 0 Å². The van der Waals surface area contributed by atoms with Crippen molar-refractivity contribution < 1.29 is 18.6 Å². The van der Waals surface area contributed by atoms with E-state index >= 15 is 0 Å². The number of anilines is 3. The summed E-state index contributed by atoms with van der Waals surface area (Å²) < 4.78 is 18.4. The van der Waals surface area contributed by atoms with E-state index < -0.39 is 0 Å². The van der Waals surface area contributed by atoms with E-state index in [-0.39, 0.29) is 19.4 Å². The SMILES string of the molecule is CC.COc1ccc(OC)c(N(C)OSN(C)c2ccc(NC(=O)CCSc3ccc(C)cc3)cc2)c1.S. The number of nitrogens with zero attached hydrogens (tertiary/aromatic N) is 2. The number of carbonyl (C=O) groups excluding carboxylic acids is 1. The summed E-state index contributed by atoms with van der Waals surface area (Å²) in [6, 6.07) is 21.5. The van der Waals surface area contributed by atoms with E-state index in [4.69, 9.17) is 13.8 Å². The first kappa shape index (κ1) is 33.4. The van der Waals surface area contributed by atoms with Crippen molar-refractivity contribution in [3.05, 3.63) is 72.3 Å². The monoisotopic (exact) mass is 577 g/mol. The van der Waals surface area contributed by atoms with Gasteiger partial charge in [0.1, 0.15) is 29.4 Å². The molecule has 0 aliphatic heterocycles. The van der Waals surface area contributed by atoms with Crippen LogP contribution in [0.1, 0.15) is 25.8 Å². The molecule has 0 bridgehead atoms. The molecule has 0 aromatic heterocycles. The van der Waals surface area contributed by atoms with Crippen LogP contribution in [0.3, 0.4) is 0 Å². The predicted octanol–water partition coefficient (Wildman–Crippen LogP) is 7.34. The van der Waals surface area contributed by atoms with Crippen LogP contribution >= 0.6 is 37.5 Å². The van der Waals surface area contributed by atoms with Crippen LogP contribution in [0, 0.1) is 6.92 Å². The topological polar surface area (TPSA) is 63.3 Å². The fourth-order valence-electron chi connectivity index (χ4n) is 3.10. The van der Waals surface area contributed by atoms with Gasteiger partial charge >= 0.3 is 0 Å². The van der Waals surface area contributed by atoms with E-state index in [1.807, 2.05) is 67.7 Å². The minimum Gasteiger partial charge on any atom is -0.497 e. The van der Waals surface area contributed by atoms with Crippen LogP contribution in [0.15, 0.2) is 71.6 Å². The first-order valence-corrected chi connectivity index (χ1v) is 13.7. The molecule has 1 N–H and O–H groups in total. The number of ether oxygens (including phenoxy) is 2. The number of hydrogen-bond acceptors (Lipinski definition) is 8. The van der Waals surface area contributed by atoms with Crippen molar-refractivity contribution in [3.63, 3.8) is 0 Å². The molecule has 0 fully saturated rings. The molecule has 0 aliphatic carbocycles.